The van der Waals surface area contributed by atoms with Gasteiger partial charge in [0.25, 0.3) is 0 Å². The van der Waals surface area contributed by atoms with Crippen LogP contribution in [0.5, 0.6) is 0 Å². The van der Waals surface area contributed by atoms with Crippen molar-refractivity contribution in [3.8, 4) is 0 Å². The molecule has 148 valence electrons. The third-order valence-electron chi connectivity index (χ3n) is 5.41. The number of nitrogens with one attached hydrogen (secondary N) is 1. The van der Waals surface area contributed by atoms with E-state index in [9.17, 15) is 0 Å². The van der Waals surface area contributed by atoms with E-state index in [1.165, 1.54) is 43.5 Å². The zero-order chi connectivity index (χ0) is 18.0. The van der Waals surface area contributed by atoms with Gasteiger partial charge < -0.3 is 15.0 Å². The van der Waals surface area contributed by atoms with Crippen molar-refractivity contribution in [3.63, 3.8) is 0 Å². The van der Waals surface area contributed by atoms with Crippen molar-refractivity contribution in [1.29, 1.82) is 0 Å². The normalized spacial score (nSPS) is 15.6. The maximum Gasteiger partial charge on any atom is 0.108 e. The van der Waals surface area contributed by atoms with Crippen molar-refractivity contribution in [2.24, 2.45) is 5.92 Å². The van der Waals surface area contributed by atoms with Gasteiger partial charge >= 0.3 is 0 Å². The molecule has 1 fully saturated rings. The van der Waals surface area contributed by atoms with E-state index >= 15 is 0 Å². The van der Waals surface area contributed by atoms with Gasteiger partial charge in [0, 0.05) is 6.54 Å². The number of hydrogen-bond donors (Lipinski definition) is 1. The lowest BCUT2D eigenvalue weighted by molar-refractivity contribution is 0.0510. The molecule has 3 nitrogen and oxygen atoms in total. The lowest BCUT2D eigenvalue weighted by Gasteiger charge is -2.32. The van der Waals surface area contributed by atoms with Crippen molar-refractivity contribution in [2.75, 3.05) is 39.8 Å². The van der Waals surface area contributed by atoms with Gasteiger partial charge in [0.1, 0.15) is 6.10 Å². The molecule has 27 heavy (non-hydrogen) atoms. The van der Waals surface area contributed by atoms with Crippen LogP contribution in [0.3, 0.4) is 0 Å². The minimum atomic E-state index is 0. The van der Waals surface area contributed by atoms with E-state index in [1.807, 2.05) is 7.05 Å². The highest BCUT2D eigenvalue weighted by atomic mass is 35.5. The second-order valence-electron chi connectivity index (χ2n) is 7.25. The predicted molar refractivity (Wildman–Crippen MR) is 116 cm³/mol. The summed E-state index contributed by atoms with van der Waals surface area (Å²) in [5.74, 6) is 0.890. The molecule has 1 aliphatic heterocycles. The lowest BCUT2D eigenvalue weighted by atomic mass is 9.93. The van der Waals surface area contributed by atoms with Crippen LogP contribution in [-0.2, 0) is 4.74 Å². The Morgan fingerprint density at radius 2 is 1.52 bits per heavy atom. The fourth-order valence-electron chi connectivity index (χ4n) is 3.79. The highest BCUT2D eigenvalue weighted by Gasteiger charge is 2.19. The molecule has 0 bridgehead atoms. The summed E-state index contributed by atoms with van der Waals surface area (Å²) in [6.45, 7) is 5.35. The maximum absolute atomic E-state index is 6.36. The summed E-state index contributed by atoms with van der Waals surface area (Å²) in [5.41, 5.74) is 2.45. The SMILES string of the molecule is CNCCC1CCN(CCOC(c2ccccc2)c2ccccc2)CC1.Cl. The maximum atomic E-state index is 6.36. The van der Waals surface area contributed by atoms with E-state index in [-0.39, 0.29) is 18.5 Å². The first-order chi connectivity index (χ1) is 12.9. The number of likely N-dealkylation sites (tertiary alicyclic amines) is 1. The molecule has 4 heteroatoms. The minimum absolute atomic E-state index is 0. The van der Waals surface area contributed by atoms with Gasteiger partial charge in [-0.3, -0.25) is 0 Å². The Balaban J connectivity index is 0.00000261. The molecule has 2 aromatic carbocycles. The molecule has 0 spiro atoms. The Kier molecular flexibility index (Phi) is 9.85. The molecule has 1 heterocycles. The van der Waals surface area contributed by atoms with E-state index in [0.29, 0.717) is 0 Å². The van der Waals surface area contributed by atoms with Gasteiger partial charge in [-0.1, -0.05) is 60.7 Å². The van der Waals surface area contributed by atoms with E-state index in [2.05, 4.69) is 70.9 Å². The molecule has 0 atom stereocenters. The molecule has 0 unspecified atom stereocenters. The zero-order valence-electron chi connectivity index (χ0n) is 16.3. The summed E-state index contributed by atoms with van der Waals surface area (Å²) in [6.07, 6.45) is 3.97. The molecule has 1 N–H and O–H groups in total. The summed E-state index contributed by atoms with van der Waals surface area (Å²) in [4.78, 5) is 2.56. The van der Waals surface area contributed by atoms with E-state index in [0.717, 1.165) is 25.6 Å². The van der Waals surface area contributed by atoms with Crippen LogP contribution in [-0.4, -0.2) is 44.7 Å². The molecular formula is C23H33ClN2O. The molecule has 0 aromatic heterocycles. The summed E-state index contributed by atoms with van der Waals surface area (Å²) >= 11 is 0. The number of nitrogens with zero attached hydrogens (tertiary/aromatic N) is 1. The monoisotopic (exact) mass is 388 g/mol. The zero-order valence-corrected chi connectivity index (χ0v) is 17.2. The fourth-order valence-corrected chi connectivity index (χ4v) is 3.79. The number of piperidine rings is 1. The average molecular weight is 389 g/mol. The summed E-state index contributed by atoms with van der Waals surface area (Å²) in [5, 5.41) is 3.27. The van der Waals surface area contributed by atoms with Crippen LogP contribution in [0.2, 0.25) is 0 Å². The van der Waals surface area contributed by atoms with Crippen molar-refractivity contribution in [3.05, 3.63) is 71.8 Å². The van der Waals surface area contributed by atoms with Crippen molar-refractivity contribution in [1.82, 2.24) is 10.2 Å². The van der Waals surface area contributed by atoms with Crippen molar-refractivity contribution in [2.45, 2.75) is 25.4 Å². The molecule has 2 aromatic rings. The van der Waals surface area contributed by atoms with Crippen LogP contribution in [0.4, 0.5) is 0 Å². The topological polar surface area (TPSA) is 24.5 Å². The van der Waals surface area contributed by atoms with Crippen LogP contribution < -0.4 is 5.32 Å². The van der Waals surface area contributed by atoms with Crippen LogP contribution in [0.25, 0.3) is 0 Å². The van der Waals surface area contributed by atoms with Gasteiger partial charge in [-0.15, -0.1) is 12.4 Å². The summed E-state index contributed by atoms with van der Waals surface area (Å²) in [6, 6.07) is 21.1. The van der Waals surface area contributed by atoms with Gasteiger partial charge in [-0.05, 0) is 63.0 Å². The number of halogens is 1. The van der Waals surface area contributed by atoms with E-state index in [4.69, 9.17) is 4.74 Å². The second-order valence-corrected chi connectivity index (χ2v) is 7.25. The molecule has 0 amide bonds. The van der Waals surface area contributed by atoms with Crippen LogP contribution in [0, 0.1) is 5.92 Å². The van der Waals surface area contributed by atoms with Crippen molar-refractivity contribution >= 4 is 12.4 Å². The van der Waals surface area contributed by atoms with Gasteiger partial charge in [0.2, 0.25) is 0 Å². The second kappa shape index (κ2) is 12.1. The molecule has 3 rings (SSSR count). The smallest absolute Gasteiger partial charge is 0.108 e. The number of hydrogen-bond acceptors (Lipinski definition) is 3. The Hall–Kier alpha value is -1.39. The van der Waals surface area contributed by atoms with Crippen LogP contribution in [0.1, 0.15) is 36.5 Å². The third-order valence-corrected chi connectivity index (χ3v) is 5.41. The van der Waals surface area contributed by atoms with Gasteiger partial charge in [-0.25, -0.2) is 0 Å². The highest BCUT2D eigenvalue weighted by molar-refractivity contribution is 5.85. The molecule has 0 saturated carbocycles. The largest absolute Gasteiger partial charge is 0.367 e. The number of benzene rings is 2. The summed E-state index contributed by atoms with van der Waals surface area (Å²) < 4.78 is 6.36. The van der Waals surface area contributed by atoms with E-state index < -0.39 is 0 Å². The average Bonchev–Trinajstić information content (AvgIpc) is 2.72. The Bertz CT molecular complexity index is 575. The first kappa shape index (κ1) is 21.9. The predicted octanol–water partition coefficient (Wildman–Crippen LogP) is 4.54. The third kappa shape index (κ3) is 6.93. The van der Waals surface area contributed by atoms with Gasteiger partial charge in [0.15, 0.2) is 0 Å². The van der Waals surface area contributed by atoms with Crippen molar-refractivity contribution < 1.29 is 4.74 Å². The number of ether oxygens (including phenoxy) is 1. The first-order valence-electron chi connectivity index (χ1n) is 9.95. The molecule has 0 radical (unpaired) electrons. The first-order valence-corrected chi connectivity index (χ1v) is 9.95. The lowest BCUT2D eigenvalue weighted by Crippen LogP contribution is -2.36. The fraction of sp³-hybridized carbons (Fsp3) is 0.478. The molecule has 0 aliphatic carbocycles. The quantitative estimate of drug-likeness (QED) is 0.682. The molecule has 1 aliphatic rings. The Morgan fingerprint density at radius 1 is 0.963 bits per heavy atom. The number of rotatable bonds is 9. The standard InChI is InChI=1S/C23H32N2O.ClH/c1-24-15-12-20-13-16-25(17-14-20)18-19-26-23(21-8-4-2-5-9-21)22-10-6-3-7-11-22;/h2-11,20,23-24H,12-19H2,1H3;1H. The molecule has 1 saturated heterocycles. The molecular weight excluding hydrogens is 356 g/mol. The highest BCUT2D eigenvalue weighted by Crippen LogP contribution is 2.26. The van der Waals surface area contributed by atoms with Crippen LogP contribution in [0.15, 0.2) is 60.7 Å². The summed E-state index contributed by atoms with van der Waals surface area (Å²) in [7, 11) is 2.04. The minimum Gasteiger partial charge on any atom is -0.367 e. The Labute approximate surface area is 170 Å². The van der Waals surface area contributed by atoms with Gasteiger partial charge in [0.05, 0.1) is 6.61 Å². The van der Waals surface area contributed by atoms with E-state index in [1.54, 1.807) is 0 Å². The Morgan fingerprint density at radius 3 is 2.04 bits per heavy atom. The van der Waals surface area contributed by atoms with Gasteiger partial charge in [-0.2, -0.15) is 0 Å². The van der Waals surface area contributed by atoms with Crippen LogP contribution >= 0.6 is 12.4 Å².